The first-order chi connectivity index (χ1) is 15.1. The molecule has 1 aliphatic carbocycles. The van der Waals surface area contributed by atoms with Gasteiger partial charge in [-0.1, -0.05) is 6.07 Å². The molecule has 4 N–H and O–H groups in total. The standard InChI is InChI=1S/C22H25N7O2/c1-2-31-14-8-6-13(7-9-14)26-22-25-12-16-15(11-24-21(16)27-22)19-18(20(23)30)17-5-3-4-10-29(17)28-19/h3-5,10-14H,2,6-9H2,1H3,(H2,23,30)(H2,24,25,26,27). The topological polar surface area (TPSA) is 123 Å². The minimum Gasteiger partial charge on any atom is -0.379 e. The molecule has 4 aromatic rings. The zero-order valence-corrected chi connectivity index (χ0v) is 17.3. The van der Waals surface area contributed by atoms with Gasteiger partial charge in [0.25, 0.3) is 5.91 Å². The molecule has 0 spiro atoms. The van der Waals surface area contributed by atoms with E-state index in [0.717, 1.165) is 43.2 Å². The van der Waals surface area contributed by atoms with Crippen molar-refractivity contribution in [3.8, 4) is 11.3 Å². The number of carbonyl (C=O) groups is 1. The molecule has 1 amide bonds. The Morgan fingerprint density at radius 1 is 1.32 bits per heavy atom. The normalized spacial score (nSPS) is 19.1. The van der Waals surface area contributed by atoms with Gasteiger partial charge in [0.2, 0.25) is 5.95 Å². The largest absolute Gasteiger partial charge is 0.379 e. The first-order valence-corrected chi connectivity index (χ1v) is 10.6. The molecule has 160 valence electrons. The van der Waals surface area contributed by atoms with Gasteiger partial charge in [-0.3, -0.25) is 4.79 Å². The molecular weight excluding hydrogens is 394 g/mol. The minimum absolute atomic E-state index is 0.337. The van der Waals surface area contributed by atoms with E-state index in [2.05, 4.69) is 25.4 Å². The molecule has 1 aliphatic rings. The highest BCUT2D eigenvalue weighted by Gasteiger charge is 2.23. The predicted molar refractivity (Wildman–Crippen MR) is 118 cm³/mol. The number of nitrogens with zero attached hydrogens (tertiary/aromatic N) is 4. The SMILES string of the molecule is CCOC1CCC(Nc2ncc3c(-c4nn5ccccc5c4C(N)=O)c[nH]c3n2)CC1. The summed E-state index contributed by atoms with van der Waals surface area (Å²) in [6.45, 7) is 2.80. The van der Waals surface area contributed by atoms with Gasteiger partial charge in [0.05, 0.1) is 17.2 Å². The minimum atomic E-state index is -0.521. The average Bonchev–Trinajstić information content (AvgIpc) is 3.36. The molecule has 1 fully saturated rings. The number of anilines is 1. The summed E-state index contributed by atoms with van der Waals surface area (Å²) in [4.78, 5) is 24.5. The Morgan fingerprint density at radius 2 is 2.16 bits per heavy atom. The Hall–Kier alpha value is -3.46. The van der Waals surface area contributed by atoms with Crippen molar-refractivity contribution in [2.45, 2.75) is 44.8 Å². The molecule has 31 heavy (non-hydrogen) atoms. The molecule has 5 rings (SSSR count). The van der Waals surface area contributed by atoms with Crippen molar-refractivity contribution < 1.29 is 9.53 Å². The molecular formula is C22H25N7O2. The van der Waals surface area contributed by atoms with Crippen LogP contribution < -0.4 is 11.1 Å². The van der Waals surface area contributed by atoms with Crippen molar-refractivity contribution in [1.29, 1.82) is 0 Å². The van der Waals surface area contributed by atoms with Crippen LogP contribution in [0.4, 0.5) is 5.95 Å². The summed E-state index contributed by atoms with van der Waals surface area (Å²) in [6.07, 6.45) is 9.87. The first-order valence-electron chi connectivity index (χ1n) is 10.6. The van der Waals surface area contributed by atoms with Gasteiger partial charge in [-0.15, -0.1) is 0 Å². The average molecular weight is 419 g/mol. The van der Waals surface area contributed by atoms with E-state index in [9.17, 15) is 4.79 Å². The summed E-state index contributed by atoms with van der Waals surface area (Å²) < 4.78 is 7.38. The Kier molecular flexibility index (Phi) is 5.03. The monoisotopic (exact) mass is 419 g/mol. The van der Waals surface area contributed by atoms with Crippen LogP contribution in [0, 0.1) is 0 Å². The van der Waals surface area contributed by atoms with Crippen molar-refractivity contribution in [3.63, 3.8) is 0 Å². The fourth-order valence-corrected chi connectivity index (χ4v) is 4.39. The Balaban J connectivity index is 1.43. The number of carbonyl (C=O) groups excluding carboxylic acids is 1. The second-order valence-electron chi connectivity index (χ2n) is 7.85. The number of hydrogen-bond donors (Lipinski definition) is 3. The van der Waals surface area contributed by atoms with Crippen LogP contribution in [0.3, 0.4) is 0 Å². The Bertz CT molecular complexity index is 1240. The summed E-state index contributed by atoms with van der Waals surface area (Å²) in [6, 6.07) is 5.87. The Morgan fingerprint density at radius 3 is 2.94 bits per heavy atom. The van der Waals surface area contributed by atoms with Crippen molar-refractivity contribution in [3.05, 3.63) is 42.4 Å². The molecule has 0 aromatic carbocycles. The van der Waals surface area contributed by atoms with Crippen LogP contribution in [0.15, 0.2) is 36.8 Å². The number of hydrogen-bond acceptors (Lipinski definition) is 6. The number of aromatic nitrogens is 5. The quantitative estimate of drug-likeness (QED) is 0.441. The number of rotatable bonds is 6. The van der Waals surface area contributed by atoms with Gasteiger partial charge in [0.1, 0.15) is 11.3 Å². The smallest absolute Gasteiger partial charge is 0.253 e. The summed E-state index contributed by atoms with van der Waals surface area (Å²) in [5.74, 6) is 0.0679. The third kappa shape index (κ3) is 3.61. The molecule has 0 bridgehead atoms. The van der Waals surface area contributed by atoms with Crippen LogP contribution >= 0.6 is 0 Å². The predicted octanol–water partition coefficient (Wildman–Crippen LogP) is 3.13. The van der Waals surface area contributed by atoms with Gasteiger partial charge < -0.3 is 20.8 Å². The van der Waals surface area contributed by atoms with Crippen LogP contribution in [-0.2, 0) is 4.74 Å². The van der Waals surface area contributed by atoms with Crippen LogP contribution in [-0.4, -0.2) is 49.2 Å². The third-order valence-electron chi connectivity index (χ3n) is 5.88. The van der Waals surface area contributed by atoms with Gasteiger partial charge in [-0.25, -0.2) is 9.50 Å². The maximum Gasteiger partial charge on any atom is 0.253 e. The number of amides is 1. The number of fused-ring (bicyclic) bond motifs is 2. The van der Waals surface area contributed by atoms with Gasteiger partial charge in [0.15, 0.2) is 0 Å². The second kappa shape index (κ2) is 7.99. The highest BCUT2D eigenvalue weighted by Crippen LogP contribution is 2.32. The van der Waals surface area contributed by atoms with Crippen LogP contribution in [0.5, 0.6) is 0 Å². The molecule has 0 unspecified atom stereocenters. The fourth-order valence-electron chi connectivity index (χ4n) is 4.39. The number of aromatic amines is 1. The van der Waals surface area contributed by atoms with E-state index in [1.54, 1.807) is 23.1 Å². The van der Waals surface area contributed by atoms with E-state index in [0.29, 0.717) is 40.5 Å². The second-order valence-corrected chi connectivity index (χ2v) is 7.85. The van der Waals surface area contributed by atoms with E-state index < -0.39 is 5.91 Å². The first kappa shape index (κ1) is 19.5. The fraction of sp³-hybridized carbons (Fsp3) is 0.364. The molecule has 9 nitrogen and oxygen atoms in total. The lowest BCUT2D eigenvalue weighted by Crippen LogP contribution is -2.30. The zero-order chi connectivity index (χ0) is 21.4. The number of primary amides is 1. The lowest BCUT2D eigenvalue weighted by Gasteiger charge is -2.28. The van der Waals surface area contributed by atoms with Gasteiger partial charge >= 0.3 is 0 Å². The molecule has 4 heterocycles. The van der Waals surface area contributed by atoms with E-state index in [-0.39, 0.29) is 0 Å². The molecule has 0 saturated heterocycles. The van der Waals surface area contributed by atoms with Crippen molar-refractivity contribution in [2.24, 2.45) is 5.73 Å². The van der Waals surface area contributed by atoms with E-state index in [1.165, 1.54) is 0 Å². The van der Waals surface area contributed by atoms with Crippen LogP contribution in [0.2, 0.25) is 0 Å². The van der Waals surface area contributed by atoms with Crippen LogP contribution in [0.1, 0.15) is 43.0 Å². The van der Waals surface area contributed by atoms with Crippen molar-refractivity contribution >= 4 is 28.4 Å². The molecule has 9 heteroatoms. The molecule has 1 saturated carbocycles. The number of H-pyrrole nitrogens is 1. The lowest BCUT2D eigenvalue weighted by atomic mass is 9.93. The lowest BCUT2D eigenvalue weighted by molar-refractivity contribution is 0.0346. The summed E-state index contributed by atoms with van der Waals surface area (Å²) in [5.41, 5.74) is 8.68. The summed E-state index contributed by atoms with van der Waals surface area (Å²) >= 11 is 0. The maximum atomic E-state index is 12.2. The highest BCUT2D eigenvalue weighted by molar-refractivity contribution is 6.08. The highest BCUT2D eigenvalue weighted by atomic mass is 16.5. The third-order valence-corrected chi connectivity index (χ3v) is 5.88. The number of nitrogens with two attached hydrogens (primary N) is 1. The Labute approximate surface area is 179 Å². The van der Waals surface area contributed by atoms with Gasteiger partial charge in [-0.2, -0.15) is 10.1 Å². The number of ether oxygens (including phenoxy) is 1. The zero-order valence-electron chi connectivity index (χ0n) is 17.3. The molecule has 0 atom stereocenters. The molecule has 0 aliphatic heterocycles. The van der Waals surface area contributed by atoms with Crippen molar-refractivity contribution in [2.75, 3.05) is 11.9 Å². The molecule has 0 radical (unpaired) electrons. The van der Waals surface area contributed by atoms with Crippen molar-refractivity contribution in [1.82, 2.24) is 24.6 Å². The number of pyridine rings is 1. The van der Waals surface area contributed by atoms with Crippen LogP contribution in [0.25, 0.3) is 27.8 Å². The number of nitrogens with one attached hydrogen (secondary N) is 2. The van der Waals surface area contributed by atoms with Gasteiger partial charge in [0, 0.05) is 42.2 Å². The summed E-state index contributed by atoms with van der Waals surface area (Å²) in [5, 5.41) is 8.81. The molecule has 4 aromatic heterocycles. The maximum absolute atomic E-state index is 12.2. The van der Waals surface area contributed by atoms with Gasteiger partial charge in [-0.05, 0) is 44.7 Å². The summed E-state index contributed by atoms with van der Waals surface area (Å²) in [7, 11) is 0. The van der Waals surface area contributed by atoms with E-state index >= 15 is 0 Å². The van der Waals surface area contributed by atoms with E-state index in [1.807, 2.05) is 25.1 Å². The van der Waals surface area contributed by atoms with E-state index in [4.69, 9.17) is 10.5 Å².